The number of fused-ring (bicyclic) bond motifs is 1. The summed E-state index contributed by atoms with van der Waals surface area (Å²) in [6, 6.07) is 0. The SMILES string of the molecule is CCc1n[nH]c(=O)c(C(=O)N2C[C@H]3COCC[C@@]3(C(=O)O)C2)c1CC. The second-order valence-corrected chi connectivity index (χ2v) is 6.73. The number of carbonyl (C=O) groups is 2. The summed E-state index contributed by atoms with van der Waals surface area (Å²) in [5.41, 5.74) is -0.0673. The highest BCUT2D eigenvalue weighted by Gasteiger charge is 2.55. The van der Waals surface area contributed by atoms with Gasteiger partial charge in [-0.15, -0.1) is 0 Å². The van der Waals surface area contributed by atoms with Crippen molar-refractivity contribution in [2.24, 2.45) is 11.3 Å². The third-order valence-electron chi connectivity index (χ3n) is 5.49. The van der Waals surface area contributed by atoms with Gasteiger partial charge in [0.2, 0.25) is 0 Å². The number of aliphatic carboxylic acids is 1. The van der Waals surface area contributed by atoms with E-state index in [4.69, 9.17) is 4.74 Å². The molecule has 1 aromatic heterocycles. The third kappa shape index (κ3) is 2.74. The molecule has 0 unspecified atom stereocenters. The van der Waals surface area contributed by atoms with E-state index in [1.54, 1.807) is 0 Å². The van der Waals surface area contributed by atoms with Crippen molar-refractivity contribution in [1.82, 2.24) is 15.1 Å². The van der Waals surface area contributed by atoms with Gasteiger partial charge in [0.1, 0.15) is 5.56 Å². The number of nitrogens with zero attached hydrogens (tertiary/aromatic N) is 2. The second kappa shape index (κ2) is 6.59. The third-order valence-corrected chi connectivity index (χ3v) is 5.49. The highest BCUT2D eigenvalue weighted by Crippen LogP contribution is 2.42. The van der Waals surface area contributed by atoms with E-state index >= 15 is 0 Å². The number of aromatic nitrogens is 2. The summed E-state index contributed by atoms with van der Waals surface area (Å²) in [5.74, 6) is -1.56. The van der Waals surface area contributed by atoms with Crippen LogP contribution in [0.5, 0.6) is 0 Å². The summed E-state index contributed by atoms with van der Waals surface area (Å²) in [4.78, 5) is 38.7. The van der Waals surface area contributed by atoms with Gasteiger partial charge in [0.15, 0.2) is 0 Å². The molecule has 8 nitrogen and oxygen atoms in total. The molecule has 1 aromatic rings. The van der Waals surface area contributed by atoms with Crippen LogP contribution >= 0.6 is 0 Å². The lowest BCUT2D eigenvalue weighted by molar-refractivity contribution is -0.157. The van der Waals surface area contributed by atoms with Crippen molar-refractivity contribution < 1.29 is 19.4 Å². The number of likely N-dealkylation sites (tertiary alicyclic amines) is 1. The van der Waals surface area contributed by atoms with Crippen molar-refractivity contribution >= 4 is 11.9 Å². The highest BCUT2D eigenvalue weighted by atomic mass is 16.5. The number of rotatable bonds is 4. The van der Waals surface area contributed by atoms with Crippen molar-refractivity contribution in [3.63, 3.8) is 0 Å². The van der Waals surface area contributed by atoms with Crippen LogP contribution < -0.4 is 5.56 Å². The topological polar surface area (TPSA) is 113 Å². The van der Waals surface area contributed by atoms with E-state index in [2.05, 4.69) is 10.2 Å². The normalized spacial score (nSPS) is 25.7. The lowest BCUT2D eigenvalue weighted by atomic mass is 9.74. The molecule has 2 aliphatic rings. The number of aromatic amines is 1. The van der Waals surface area contributed by atoms with Crippen LogP contribution in [-0.2, 0) is 22.4 Å². The first-order valence-corrected chi connectivity index (χ1v) is 8.65. The van der Waals surface area contributed by atoms with E-state index in [0.29, 0.717) is 43.7 Å². The van der Waals surface area contributed by atoms with Gasteiger partial charge in [-0.05, 0) is 24.8 Å². The second-order valence-electron chi connectivity index (χ2n) is 6.73. The molecule has 0 aromatic carbocycles. The van der Waals surface area contributed by atoms with Crippen LogP contribution in [0.15, 0.2) is 4.79 Å². The molecule has 25 heavy (non-hydrogen) atoms. The molecule has 2 atom stereocenters. The number of carboxylic acid groups (broad SMARTS) is 1. The van der Waals surface area contributed by atoms with Gasteiger partial charge in [0.25, 0.3) is 11.5 Å². The van der Waals surface area contributed by atoms with Crippen molar-refractivity contribution in [3.05, 3.63) is 27.2 Å². The average molecular weight is 349 g/mol. The van der Waals surface area contributed by atoms with Gasteiger partial charge in [-0.2, -0.15) is 5.10 Å². The van der Waals surface area contributed by atoms with Crippen molar-refractivity contribution in [1.29, 1.82) is 0 Å². The van der Waals surface area contributed by atoms with E-state index in [1.165, 1.54) is 4.90 Å². The lowest BCUT2D eigenvalue weighted by Crippen LogP contribution is -2.45. The first-order valence-electron chi connectivity index (χ1n) is 8.65. The maximum Gasteiger partial charge on any atom is 0.311 e. The minimum absolute atomic E-state index is 0.0921. The Morgan fingerprint density at radius 2 is 2.16 bits per heavy atom. The molecule has 0 radical (unpaired) electrons. The summed E-state index contributed by atoms with van der Waals surface area (Å²) >= 11 is 0. The Kier molecular flexibility index (Phi) is 4.64. The zero-order valence-electron chi connectivity index (χ0n) is 14.5. The number of nitrogens with one attached hydrogen (secondary N) is 1. The smallest absolute Gasteiger partial charge is 0.311 e. The van der Waals surface area contributed by atoms with Gasteiger partial charge in [0.05, 0.1) is 17.7 Å². The van der Waals surface area contributed by atoms with Gasteiger partial charge in [0, 0.05) is 25.6 Å². The Morgan fingerprint density at radius 1 is 1.40 bits per heavy atom. The molecule has 1 amide bonds. The standard InChI is InChI=1S/C17H23N3O5/c1-3-11-12(4-2)18-19-14(21)13(11)15(22)20-7-10-8-25-6-5-17(10,9-20)16(23)24/h10H,3-9H2,1-2H3,(H,19,21)(H,23,24)/t10-,17+/m0/s1. The number of amides is 1. The summed E-state index contributed by atoms with van der Waals surface area (Å²) in [6.07, 6.45) is 1.51. The summed E-state index contributed by atoms with van der Waals surface area (Å²) in [5, 5.41) is 16.2. The quantitative estimate of drug-likeness (QED) is 0.816. The fraction of sp³-hybridized carbons (Fsp3) is 0.647. The zero-order chi connectivity index (χ0) is 18.2. The first-order chi connectivity index (χ1) is 11.9. The Balaban J connectivity index is 1.98. The molecule has 8 heteroatoms. The average Bonchev–Trinajstić information content (AvgIpc) is 3.02. The molecule has 0 spiro atoms. The maximum absolute atomic E-state index is 13.1. The van der Waals surface area contributed by atoms with Gasteiger partial charge < -0.3 is 14.7 Å². The molecular formula is C17H23N3O5. The van der Waals surface area contributed by atoms with Crippen LogP contribution in [-0.4, -0.2) is 58.4 Å². The van der Waals surface area contributed by atoms with Crippen molar-refractivity contribution in [2.45, 2.75) is 33.1 Å². The van der Waals surface area contributed by atoms with Crippen molar-refractivity contribution in [2.75, 3.05) is 26.3 Å². The number of carboxylic acids is 1. The highest BCUT2D eigenvalue weighted by molar-refractivity contribution is 5.96. The van der Waals surface area contributed by atoms with E-state index in [9.17, 15) is 19.5 Å². The molecule has 2 N–H and O–H groups in total. The van der Waals surface area contributed by atoms with Crippen LogP contribution in [0.25, 0.3) is 0 Å². The Hall–Kier alpha value is -2.22. The first kappa shape index (κ1) is 17.6. The minimum atomic E-state index is -0.979. The molecule has 0 aliphatic carbocycles. The van der Waals surface area contributed by atoms with Crippen LogP contribution in [0, 0.1) is 11.3 Å². The van der Waals surface area contributed by atoms with Crippen molar-refractivity contribution in [3.8, 4) is 0 Å². The van der Waals surface area contributed by atoms with Gasteiger partial charge in [-0.25, -0.2) is 5.10 Å². The summed E-state index contributed by atoms with van der Waals surface area (Å²) in [7, 11) is 0. The fourth-order valence-corrected chi connectivity index (χ4v) is 4.03. The number of hydrogen-bond donors (Lipinski definition) is 2. The van der Waals surface area contributed by atoms with Gasteiger partial charge >= 0.3 is 5.97 Å². The van der Waals surface area contributed by atoms with E-state index in [0.717, 1.165) is 0 Å². The number of hydrogen-bond acceptors (Lipinski definition) is 5. The largest absolute Gasteiger partial charge is 0.481 e. The van der Waals surface area contributed by atoms with E-state index in [-0.39, 0.29) is 24.6 Å². The van der Waals surface area contributed by atoms with Gasteiger partial charge in [-0.3, -0.25) is 14.4 Å². The van der Waals surface area contributed by atoms with Gasteiger partial charge in [-0.1, -0.05) is 13.8 Å². The summed E-state index contributed by atoms with van der Waals surface area (Å²) in [6.45, 7) is 4.89. The Morgan fingerprint density at radius 3 is 2.76 bits per heavy atom. The van der Waals surface area contributed by atoms with E-state index in [1.807, 2.05) is 13.8 Å². The maximum atomic E-state index is 13.1. The van der Waals surface area contributed by atoms with Crippen LogP contribution in [0.4, 0.5) is 0 Å². The molecule has 2 saturated heterocycles. The van der Waals surface area contributed by atoms with Crippen LogP contribution in [0.1, 0.15) is 41.9 Å². The number of ether oxygens (including phenoxy) is 1. The predicted octanol–water partition coefficient (Wildman–Crippen LogP) is 0.458. The molecule has 136 valence electrons. The molecule has 0 saturated carbocycles. The predicted molar refractivity (Wildman–Crippen MR) is 88.5 cm³/mol. The lowest BCUT2D eigenvalue weighted by Gasteiger charge is -2.33. The number of carbonyl (C=O) groups excluding carboxylic acids is 1. The Bertz CT molecular complexity index is 759. The molecular weight excluding hydrogens is 326 g/mol. The monoisotopic (exact) mass is 349 g/mol. The summed E-state index contributed by atoms with van der Waals surface area (Å²) < 4.78 is 5.42. The molecule has 3 heterocycles. The minimum Gasteiger partial charge on any atom is -0.481 e. The zero-order valence-corrected chi connectivity index (χ0v) is 14.5. The molecule has 0 bridgehead atoms. The van der Waals surface area contributed by atoms with E-state index < -0.39 is 22.9 Å². The molecule has 2 aliphatic heterocycles. The fourth-order valence-electron chi connectivity index (χ4n) is 4.03. The number of aryl methyl sites for hydroxylation is 1. The number of H-pyrrole nitrogens is 1. The Labute approximate surface area is 145 Å². The van der Waals surface area contributed by atoms with Crippen LogP contribution in [0.2, 0.25) is 0 Å². The molecule has 3 rings (SSSR count). The van der Waals surface area contributed by atoms with Crippen LogP contribution in [0.3, 0.4) is 0 Å². The molecule has 2 fully saturated rings.